The summed E-state index contributed by atoms with van der Waals surface area (Å²) in [6.07, 6.45) is -0.480. The second-order valence-corrected chi connectivity index (χ2v) is 6.69. The number of aromatic nitrogens is 1. The lowest BCUT2D eigenvalue weighted by Gasteiger charge is -2.22. The molecule has 0 radical (unpaired) electrons. The Bertz CT molecular complexity index is 778. The van der Waals surface area contributed by atoms with Crippen LogP contribution in [0.5, 0.6) is 0 Å². The van der Waals surface area contributed by atoms with E-state index in [-0.39, 0.29) is 35.2 Å². The minimum atomic E-state index is -0.614. The summed E-state index contributed by atoms with van der Waals surface area (Å²) in [6.45, 7) is 2.04. The molecule has 1 aromatic carbocycles. The molecule has 0 N–H and O–H groups in total. The zero-order chi connectivity index (χ0) is 18.0. The molecular formula is C18H16Cl2N2O3. The maximum atomic E-state index is 12.7. The van der Waals surface area contributed by atoms with Crippen LogP contribution >= 0.6 is 23.2 Å². The highest BCUT2D eigenvalue weighted by atomic mass is 35.5. The van der Waals surface area contributed by atoms with Gasteiger partial charge in [0, 0.05) is 6.42 Å². The number of hydrogen-bond donors (Lipinski definition) is 0. The quantitative estimate of drug-likeness (QED) is 0.729. The summed E-state index contributed by atoms with van der Waals surface area (Å²) in [5, 5.41) is 0.536. The van der Waals surface area contributed by atoms with Crippen LogP contribution in [-0.4, -0.2) is 28.5 Å². The fourth-order valence-electron chi connectivity index (χ4n) is 2.86. The molecule has 1 aromatic heterocycles. The van der Waals surface area contributed by atoms with Gasteiger partial charge in [0.1, 0.15) is 23.0 Å². The van der Waals surface area contributed by atoms with Crippen LogP contribution in [0, 0.1) is 0 Å². The summed E-state index contributed by atoms with van der Waals surface area (Å²) in [5.74, 6) is -0.469. The summed E-state index contributed by atoms with van der Waals surface area (Å²) in [6, 6.07) is 12.3. The van der Waals surface area contributed by atoms with Gasteiger partial charge in [0.05, 0.1) is 0 Å². The van der Waals surface area contributed by atoms with E-state index in [1.165, 1.54) is 4.90 Å². The van der Waals surface area contributed by atoms with Crippen LogP contribution in [-0.2, 0) is 9.53 Å². The van der Waals surface area contributed by atoms with Gasteiger partial charge in [-0.15, -0.1) is 0 Å². The molecule has 7 heteroatoms. The number of carbonyl (C=O) groups is 2. The third kappa shape index (κ3) is 3.94. The summed E-state index contributed by atoms with van der Waals surface area (Å²) in [4.78, 5) is 29.9. The van der Waals surface area contributed by atoms with Crippen molar-refractivity contribution in [2.24, 2.45) is 0 Å². The number of amides is 2. The molecular weight excluding hydrogens is 363 g/mol. The fraction of sp³-hybridized carbons (Fsp3) is 0.278. The first-order chi connectivity index (χ1) is 12.0. The molecule has 1 fully saturated rings. The molecule has 2 amide bonds. The van der Waals surface area contributed by atoms with E-state index >= 15 is 0 Å². The Morgan fingerprint density at radius 1 is 1.28 bits per heavy atom. The molecule has 2 heterocycles. The molecule has 1 aliphatic heterocycles. The summed E-state index contributed by atoms with van der Waals surface area (Å²) in [5.41, 5.74) is 1.66. The lowest BCUT2D eigenvalue weighted by molar-refractivity contribution is -0.129. The Balaban J connectivity index is 1.78. The average Bonchev–Trinajstić information content (AvgIpc) is 2.96. The zero-order valence-electron chi connectivity index (χ0n) is 13.5. The van der Waals surface area contributed by atoms with Gasteiger partial charge < -0.3 is 4.74 Å². The van der Waals surface area contributed by atoms with Gasteiger partial charge in [0.15, 0.2) is 0 Å². The lowest BCUT2D eigenvalue weighted by atomic mass is 9.97. The van der Waals surface area contributed by atoms with Gasteiger partial charge in [-0.2, -0.15) is 0 Å². The number of nitrogens with zero attached hydrogens (tertiary/aromatic N) is 2. The van der Waals surface area contributed by atoms with Crippen LogP contribution in [0.2, 0.25) is 10.3 Å². The second-order valence-electron chi connectivity index (χ2n) is 5.92. The molecule has 2 atom stereocenters. The number of hydrogen-bond acceptors (Lipinski definition) is 4. The Kier molecular flexibility index (Phi) is 5.25. The van der Waals surface area contributed by atoms with E-state index in [1.54, 1.807) is 12.1 Å². The first-order valence-corrected chi connectivity index (χ1v) is 8.58. The van der Waals surface area contributed by atoms with E-state index in [9.17, 15) is 9.59 Å². The highest BCUT2D eigenvalue weighted by Gasteiger charge is 2.39. The van der Waals surface area contributed by atoms with Crippen molar-refractivity contribution in [3.05, 3.63) is 63.9 Å². The second kappa shape index (κ2) is 7.42. The number of ether oxygens (including phenoxy) is 1. The zero-order valence-corrected chi connectivity index (χ0v) is 15.0. The Labute approximate surface area is 155 Å². The number of pyridine rings is 1. The molecule has 25 heavy (non-hydrogen) atoms. The summed E-state index contributed by atoms with van der Waals surface area (Å²) in [7, 11) is 0. The first kappa shape index (κ1) is 17.7. The Morgan fingerprint density at radius 2 is 1.92 bits per heavy atom. The van der Waals surface area contributed by atoms with Gasteiger partial charge in [-0.25, -0.2) is 14.7 Å². The number of carbonyl (C=O) groups excluding carboxylic acids is 2. The van der Waals surface area contributed by atoms with Crippen molar-refractivity contribution in [1.82, 2.24) is 9.88 Å². The van der Waals surface area contributed by atoms with Gasteiger partial charge in [-0.1, -0.05) is 60.5 Å². The van der Waals surface area contributed by atoms with Crippen LogP contribution in [0.15, 0.2) is 42.5 Å². The molecule has 5 nitrogen and oxygen atoms in total. The smallest absolute Gasteiger partial charge is 0.417 e. The van der Waals surface area contributed by atoms with E-state index in [4.69, 9.17) is 27.9 Å². The van der Waals surface area contributed by atoms with Crippen molar-refractivity contribution in [3.63, 3.8) is 0 Å². The van der Waals surface area contributed by atoms with Crippen molar-refractivity contribution >= 4 is 35.2 Å². The number of imide groups is 1. The van der Waals surface area contributed by atoms with Crippen molar-refractivity contribution in [1.29, 1.82) is 0 Å². The first-order valence-electron chi connectivity index (χ1n) is 7.82. The maximum Gasteiger partial charge on any atom is 0.417 e. The number of cyclic esters (lactones) is 1. The molecule has 2 aromatic rings. The van der Waals surface area contributed by atoms with Crippen LogP contribution in [0.3, 0.4) is 0 Å². The van der Waals surface area contributed by atoms with Crippen LogP contribution in [0.1, 0.15) is 36.4 Å². The van der Waals surface area contributed by atoms with Crippen LogP contribution < -0.4 is 0 Å². The molecule has 0 saturated carbocycles. The molecule has 1 aliphatic rings. The topological polar surface area (TPSA) is 59.5 Å². The Hall–Kier alpha value is -2.11. The average molecular weight is 379 g/mol. The van der Waals surface area contributed by atoms with Gasteiger partial charge in [-0.05, 0) is 29.2 Å². The van der Waals surface area contributed by atoms with Crippen LogP contribution in [0.25, 0.3) is 0 Å². The SMILES string of the molecule is CC(CC(=O)N1C(=O)OC[C@H]1c1ccccc1)c1cc(Cl)nc(Cl)c1. The van der Waals surface area contributed by atoms with Crippen molar-refractivity contribution < 1.29 is 14.3 Å². The largest absolute Gasteiger partial charge is 0.446 e. The normalized spacial score (nSPS) is 18.1. The monoisotopic (exact) mass is 378 g/mol. The highest BCUT2D eigenvalue weighted by molar-refractivity contribution is 6.32. The van der Waals surface area contributed by atoms with Gasteiger partial charge >= 0.3 is 6.09 Å². The third-order valence-electron chi connectivity index (χ3n) is 4.16. The highest BCUT2D eigenvalue weighted by Crippen LogP contribution is 2.31. The standard InChI is InChI=1S/C18H16Cl2N2O3/c1-11(13-8-15(19)21-16(20)9-13)7-17(23)22-14(10-25-18(22)24)12-5-3-2-4-6-12/h2-6,8-9,11,14H,7,10H2,1H3/t11?,14-/m0/s1. The van der Waals surface area contributed by atoms with Gasteiger partial charge in [-0.3, -0.25) is 4.79 Å². The molecule has 1 unspecified atom stereocenters. The predicted molar refractivity (Wildman–Crippen MR) is 94.7 cm³/mol. The van der Waals surface area contributed by atoms with E-state index < -0.39 is 12.1 Å². The molecule has 0 spiro atoms. The van der Waals surface area contributed by atoms with Gasteiger partial charge in [0.2, 0.25) is 5.91 Å². The maximum absolute atomic E-state index is 12.7. The van der Waals surface area contributed by atoms with E-state index in [0.717, 1.165) is 11.1 Å². The van der Waals surface area contributed by atoms with Crippen molar-refractivity contribution in [2.75, 3.05) is 6.61 Å². The summed E-state index contributed by atoms with van der Waals surface area (Å²) >= 11 is 11.8. The predicted octanol–water partition coefficient (Wildman–Crippen LogP) is 4.60. The number of benzene rings is 1. The molecule has 0 bridgehead atoms. The number of halogens is 2. The minimum absolute atomic E-state index is 0.134. The minimum Gasteiger partial charge on any atom is -0.446 e. The summed E-state index contributed by atoms with van der Waals surface area (Å²) < 4.78 is 5.09. The van der Waals surface area contributed by atoms with E-state index in [2.05, 4.69) is 4.98 Å². The van der Waals surface area contributed by atoms with Crippen molar-refractivity contribution in [3.8, 4) is 0 Å². The number of rotatable bonds is 4. The van der Waals surface area contributed by atoms with Crippen molar-refractivity contribution in [2.45, 2.75) is 25.3 Å². The molecule has 1 saturated heterocycles. The lowest BCUT2D eigenvalue weighted by Crippen LogP contribution is -2.34. The van der Waals surface area contributed by atoms with E-state index in [0.29, 0.717) is 0 Å². The van der Waals surface area contributed by atoms with Gasteiger partial charge in [0.25, 0.3) is 0 Å². The third-order valence-corrected chi connectivity index (χ3v) is 4.55. The van der Waals surface area contributed by atoms with Crippen LogP contribution in [0.4, 0.5) is 4.79 Å². The van der Waals surface area contributed by atoms with E-state index in [1.807, 2.05) is 37.3 Å². The fourth-order valence-corrected chi connectivity index (χ4v) is 3.34. The Morgan fingerprint density at radius 3 is 2.56 bits per heavy atom. The molecule has 0 aliphatic carbocycles. The molecule has 3 rings (SSSR count). The molecule has 130 valence electrons.